The van der Waals surface area contributed by atoms with E-state index in [-0.39, 0.29) is 17.0 Å². The molecule has 3 rings (SSSR count). The zero-order valence-electron chi connectivity index (χ0n) is 15.8. The Kier molecular flexibility index (Phi) is 6.18. The summed E-state index contributed by atoms with van der Waals surface area (Å²) in [4.78, 5) is 19.8. The van der Waals surface area contributed by atoms with Gasteiger partial charge in [0.1, 0.15) is 10.7 Å². The van der Waals surface area contributed by atoms with Gasteiger partial charge >= 0.3 is 6.09 Å². The van der Waals surface area contributed by atoms with Crippen LogP contribution in [0.4, 0.5) is 10.6 Å². The lowest BCUT2D eigenvalue weighted by atomic mass is 10.1. The molecule has 1 aromatic heterocycles. The van der Waals surface area contributed by atoms with E-state index < -0.39 is 10.0 Å². The van der Waals surface area contributed by atoms with Gasteiger partial charge in [-0.05, 0) is 32.0 Å². The zero-order valence-corrected chi connectivity index (χ0v) is 16.6. The Morgan fingerprint density at radius 2 is 1.81 bits per heavy atom. The van der Waals surface area contributed by atoms with Gasteiger partial charge in [0.2, 0.25) is 10.0 Å². The number of methoxy groups -OCH3 is 1. The Morgan fingerprint density at radius 1 is 1.15 bits per heavy atom. The van der Waals surface area contributed by atoms with Crippen LogP contribution in [0.5, 0.6) is 0 Å². The lowest BCUT2D eigenvalue weighted by molar-refractivity contribution is 0.113. The van der Waals surface area contributed by atoms with E-state index in [2.05, 4.69) is 15.2 Å². The molecule has 0 spiro atoms. The van der Waals surface area contributed by atoms with Crippen molar-refractivity contribution in [3.05, 3.63) is 18.3 Å². The van der Waals surface area contributed by atoms with Crippen molar-refractivity contribution in [2.75, 3.05) is 58.7 Å². The number of piperidine rings is 1. The fraction of sp³-hybridized carbons (Fsp3) is 0.647. The topological polar surface area (TPSA) is 95.1 Å². The molecule has 1 amide bonds. The van der Waals surface area contributed by atoms with Gasteiger partial charge in [-0.25, -0.2) is 18.2 Å². The van der Waals surface area contributed by atoms with Crippen molar-refractivity contribution in [2.45, 2.75) is 23.8 Å². The average Bonchev–Trinajstić information content (AvgIpc) is 2.69. The van der Waals surface area contributed by atoms with Crippen molar-refractivity contribution in [3.8, 4) is 0 Å². The van der Waals surface area contributed by atoms with Crippen LogP contribution in [0.25, 0.3) is 0 Å². The normalized spacial score (nSPS) is 20.4. The van der Waals surface area contributed by atoms with Crippen LogP contribution in [-0.2, 0) is 14.8 Å². The number of likely N-dealkylation sites (N-methyl/N-ethyl adjacent to an activating group) is 1. The first-order valence-corrected chi connectivity index (χ1v) is 10.6. The van der Waals surface area contributed by atoms with Gasteiger partial charge in [0.05, 0.1) is 7.11 Å². The third-order valence-corrected chi connectivity index (χ3v) is 7.00. The average molecular weight is 398 g/mol. The van der Waals surface area contributed by atoms with E-state index in [1.54, 1.807) is 17.0 Å². The number of hydrogen-bond acceptors (Lipinski definition) is 7. The van der Waals surface area contributed by atoms with Crippen LogP contribution in [-0.4, -0.2) is 93.1 Å². The summed E-state index contributed by atoms with van der Waals surface area (Å²) in [6, 6.07) is 3.50. The number of anilines is 1. The summed E-state index contributed by atoms with van der Waals surface area (Å²) in [7, 11) is -0.126. The van der Waals surface area contributed by atoms with Gasteiger partial charge in [0.25, 0.3) is 0 Å². The molecule has 2 aliphatic rings. The van der Waals surface area contributed by atoms with Crippen LogP contribution in [0, 0.1) is 0 Å². The number of pyridine rings is 1. The van der Waals surface area contributed by atoms with E-state index in [1.165, 1.54) is 17.6 Å². The van der Waals surface area contributed by atoms with E-state index in [0.717, 1.165) is 25.9 Å². The standard InChI is InChI=1S/C17H27N5O4S/c1-20-9-11-22(12-10-20)27(24,25)15-3-4-16(18-13-15)19-14-5-7-21(8-6-14)17(23)26-2/h3-4,13-14H,5-12H2,1-2H3,(H,18,19). The minimum atomic E-state index is -3.50. The highest BCUT2D eigenvalue weighted by molar-refractivity contribution is 7.89. The van der Waals surface area contributed by atoms with Crippen molar-refractivity contribution in [2.24, 2.45) is 0 Å². The maximum absolute atomic E-state index is 12.7. The maximum atomic E-state index is 12.7. The molecule has 0 saturated carbocycles. The molecule has 3 heterocycles. The van der Waals surface area contributed by atoms with Gasteiger partial charge in [0.15, 0.2) is 0 Å². The number of nitrogens with one attached hydrogen (secondary N) is 1. The van der Waals surface area contributed by atoms with Crippen molar-refractivity contribution in [1.82, 2.24) is 19.1 Å². The molecule has 0 unspecified atom stereocenters. The molecule has 0 aromatic carbocycles. The molecule has 10 heteroatoms. The van der Waals surface area contributed by atoms with Crippen molar-refractivity contribution >= 4 is 21.9 Å². The quantitative estimate of drug-likeness (QED) is 0.797. The fourth-order valence-electron chi connectivity index (χ4n) is 3.34. The summed E-state index contributed by atoms with van der Waals surface area (Å²) >= 11 is 0. The van der Waals surface area contributed by atoms with Crippen LogP contribution in [0.1, 0.15) is 12.8 Å². The molecule has 9 nitrogen and oxygen atoms in total. The van der Waals surface area contributed by atoms with Crippen molar-refractivity contribution in [3.63, 3.8) is 0 Å². The second-order valence-corrected chi connectivity index (χ2v) is 8.90. The first-order chi connectivity index (χ1) is 12.9. The number of carbonyl (C=O) groups excluding carboxylic acids is 1. The zero-order chi connectivity index (χ0) is 19.4. The summed E-state index contributed by atoms with van der Waals surface area (Å²) in [5.74, 6) is 0.642. The monoisotopic (exact) mass is 397 g/mol. The summed E-state index contributed by atoms with van der Waals surface area (Å²) in [5.41, 5.74) is 0. The Labute approximate surface area is 160 Å². The predicted octanol–water partition coefficient (Wildman–Crippen LogP) is 0.660. The molecule has 27 heavy (non-hydrogen) atoms. The first-order valence-electron chi connectivity index (χ1n) is 9.14. The molecule has 0 bridgehead atoms. The number of hydrogen-bond donors (Lipinski definition) is 1. The Bertz CT molecular complexity index is 739. The number of rotatable bonds is 4. The number of piperazine rings is 1. The Morgan fingerprint density at radius 3 is 2.37 bits per heavy atom. The summed E-state index contributed by atoms with van der Waals surface area (Å²) in [5, 5.41) is 3.32. The summed E-state index contributed by atoms with van der Waals surface area (Å²) < 4.78 is 31.7. The number of ether oxygens (including phenoxy) is 1. The molecule has 2 fully saturated rings. The van der Waals surface area contributed by atoms with Crippen LogP contribution in [0.2, 0.25) is 0 Å². The molecule has 2 aliphatic heterocycles. The molecule has 0 aliphatic carbocycles. The molecule has 1 N–H and O–H groups in total. The Balaban J connectivity index is 1.57. The second kappa shape index (κ2) is 8.41. The van der Waals surface area contributed by atoms with E-state index >= 15 is 0 Å². The largest absolute Gasteiger partial charge is 0.453 e. The Hall–Kier alpha value is -1.91. The van der Waals surface area contributed by atoms with E-state index in [9.17, 15) is 13.2 Å². The molecule has 0 radical (unpaired) electrons. The molecule has 0 atom stereocenters. The SMILES string of the molecule is COC(=O)N1CCC(Nc2ccc(S(=O)(=O)N3CCN(C)CC3)cn2)CC1. The highest BCUT2D eigenvalue weighted by Gasteiger charge is 2.28. The van der Waals surface area contributed by atoms with E-state index in [1.807, 2.05) is 7.05 Å². The van der Waals surface area contributed by atoms with Crippen LogP contribution >= 0.6 is 0 Å². The molecule has 150 valence electrons. The lowest BCUT2D eigenvalue weighted by Gasteiger charge is -2.32. The highest BCUT2D eigenvalue weighted by Crippen LogP contribution is 2.20. The van der Waals surface area contributed by atoms with Gasteiger partial charge in [0, 0.05) is 51.5 Å². The number of nitrogens with zero attached hydrogens (tertiary/aromatic N) is 4. The fourth-order valence-corrected chi connectivity index (χ4v) is 4.71. The minimum Gasteiger partial charge on any atom is -0.453 e. The molecular weight excluding hydrogens is 370 g/mol. The van der Waals surface area contributed by atoms with E-state index in [4.69, 9.17) is 4.74 Å². The number of likely N-dealkylation sites (tertiary alicyclic amines) is 1. The summed E-state index contributed by atoms with van der Waals surface area (Å²) in [6.07, 6.45) is 2.69. The number of amides is 1. The smallest absolute Gasteiger partial charge is 0.409 e. The number of aromatic nitrogens is 1. The molecule has 1 aromatic rings. The number of sulfonamides is 1. The van der Waals surface area contributed by atoms with Gasteiger partial charge < -0.3 is 19.9 Å². The molecule has 2 saturated heterocycles. The summed E-state index contributed by atoms with van der Waals surface area (Å²) in [6.45, 7) is 3.71. The van der Waals surface area contributed by atoms with Crippen molar-refractivity contribution < 1.29 is 17.9 Å². The van der Waals surface area contributed by atoms with Gasteiger partial charge in [-0.1, -0.05) is 0 Å². The van der Waals surface area contributed by atoms with Crippen LogP contribution in [0.3, 0.4) is 0 Å². The second-order valence-electron chi connectivity index (χ2n) is 6.96. The first kappa shape index (κ1) is 19.8. The third-order valence-electron chi connectivity index (χ3n) is 5.12. The van der Waals surface area contributed by atoms with Crippen LogP contribution in [0.15, 0.2) is 23.2 Å². The predicted molar refractivity (Wildman–Crippen MR) is 101 cm³/mol. The van der Waals surface area contributed by atoms with Gasteiger partial charge in [-0.15, -0.1) is 0 Å². The minimum absolute atomic E-state index is 0.193. The van der Waals surface area contributed by atoms with Gasteiger partial charge in [-0.3, -0.25) is 0 Å². The van der Waals surface area contributed by atoms with Gasteiger partial charge in [-0.2, -0.15) is 4.31 Å². The lowest BCUT2D eigenvalue weighted by Crippen LogP contribution is -2.47. The third kappa shape index (κ3) is 4.69. The number of carbonyl (C=O) groups is 1. The van der Waals surface area contributed by atoms with Crippen LogP contribution < -0.4 is 5.32 Å². The molecular formula is C17H27N5O4S. The van der Waals surface area contributed by atoms with Crippen molar-refractivity contribution in [1.29, 1.82) is 0 Å². The van der Waals surface area contributed by atoms with E-state index in [0.29, 0.717) is 32.0 Å². The highest BCUT2D eigenvalue weighted by atomic mass is 32.2. The maximum Gasteiger partial charge on any atom is 0.409 e.